The lowest BCUT2D eigenvalue weighted by Crippen LogP contribution is -2.46. The highest BCUT2D eigenvalue weighted by Gasteiger charge is 2.65. The highest BCUT2D eigenvalue weighted by atomic mass is 35.6. The minimum atomic E-state index is -4.84. The predicted molar refractivity (Wildman–Crippen MR) is 81.2 cm³/mol. The van der Waals surface area contributed by atoms with E-state index in [1.165, 1.54) is 20.8 Å². The molecule has 6 nitrogen and oxygen atoms in total. The molecule has 0 N–H and O–H groups in total. The van der Waals surface area contributed by atoms with E-state index in [1.54, 1.807) is 0 Å². The van der Waals surface area contributed by atoms with Crippen molar-refractivity contribution in [2.45, 2.75) is 36.4 Å². The first-order valence-corrected chi connectivity index (χ1v) is 9.01. The molecule has 0 bridgehead atoms. The average molecular weight is 402 g/mol. The van der Waals surface area contributed by atoms with Crippen LogP contribution in [0.1, 0.15) is 27.2 Å². The molecule has 0 saturated carbocycles. The van der Waals surface area contributed by atoms with Crippen molar-refractivity contribution in [3.8, 4) is 0 Å². The smallest absolute Gasteiger partial charge is 0.387 e. The van der Waals surface area contributed by atoms with Crippen molar-refractivity contribution in [2.24, 2.45) is 0 Å². The monoisotopic (exact) mass is 400 g/mol. The first-order valence-electron chi connectivity index (χ1n) is 6.33. The van der Waals surface area contributed by atoms with Gasteiger partial charge in [0.05, 0.1) is 26.2 Å². The third-order valence-electron chi connectivity index (χ3n) is 2.25. The van der Waals surface area contributed by atoms with Gasteiger partial charge >= 0.3 is 19.0 Å². The number of esters is 1. The number of rotatable bonds is 9. The highest BCUT2D eigenvalue weighted by molar-refractivity contribution is 7.57. The summed E-state index contributed by atoms with van der Waals surface area (Å²) < 4.78 is 39.6. The number of ketones is 1. The molecular formula is C11H17Cl3FO6P. The maximum absolute atomic E-state index is 15.2. The second-order valence-electron chi connectivity index (χ2n) is 3.89. The lowest BCUT2D eigenvalue weighted by molar-refractivity contribution is -0.157. The number of alkyl halides is 4. The van der Waals surface area contributed by atoms with Gasteiger partial charge in [0.1, 0.15) is 0 Å². The molecule has 0 aromatic heterocycles. The molecule has 0 aliphatic heterocycles. The third-order valence-corrected chi connectivity index (χ3v) is 5.04. The summed E-state index contributed by atoms with van der Waals surface area (Å²) in [6.07, 6.45) is -1.02. The van der Waals surface area contributed by atoms with Crippen LogP contribution in [-0.2, 0) is 27.9 Å². The molecule has 0 aliphatic rings. The molecule has 0 aromatic carbocycles. The molecule has 0 rings (SSSR count). The van der Waals surface area contributed by atoms with Crippen LogP contribution in [0.2, 0.25) is 0 Å². The summed E-state index contributed by atoms with van der Waals surface area (Å²) in [5.41, 5.74) is 0. The molecule has 1 atom stereocenters. The van der Waals surface area contributed by atoms with Crippen molar-refractivity contribution in [1.82, 2.24) is 0 Å². The summed E-state index contributed by atoms with van der Waals surface area (Å²) in [5, 5.41) is -3.71. The van der Waals surface area contributed by atoms with Crippen LogP contribution in [0.25, 0.3) is 0 Å². The van der Waals surface area contributed by atoms with Gasteiger partial charge in [0, 0.05) is 0 Å². The van der Waals surface area contributed by atoms with Crippen molar-refractivity contribution < 1.29 is 32.3 Å². The van der Waals surface area contributed by atoms with Gasteiger partial charge < -0.3 is 13.8 Å². The number of carbonyl (C=O) groups is 2. The molecule has 1 unspecified atom stereocenters. The van der Waals surface area contributed by atoms with Gasteiger partial charge in [-0.15, -0.1) is 0 Å². The van der Waals surface area contributed by atoms with E-state index in [1.807, 2.05) is 0 Å². The minimum absolute atomic E-state index is 0.260. The lowest BCUT2D eigenvalue weighted by Gasteiger charge is -2.29. The summed E-state index contributed by atoms with van der Waals surface area (Å²) in [6.45, 7) is 3.34. The molecule has 11 heteroatoms. The number of ether oxygens (including phenoxy) is 1. The van der Waals surface area contributed by atoms with Crippen molar-refractivity contribution in [1.29, 1.82) is 0 Å². The van der Waals surface area contributed by atoms with Crippen LogP contribution in [-0.4, -0.2) is 40.8 Å². The van der Waals surface area contributed by atoms with E-state index in [0.29, 0.717) is 0 Å². The molecule has 130 valence electrons. The normalized spacial score (nSPS) is 15.2. The van der Waals surface area contributed by atoms with E-state index in [2.05, 4.69) is 4.74 Å². The molecule has 22 heavy (non-hydrogen) atoms. The van der Waals surface area contributed by atoms with Crippen LogP contribution >= 0.6 is 42.4 Å². The van der Waals surface area contributed by atoms with Gasteiger partial charge in [-0.2, -0.15) is 0 Å². The number of Topliss-reactive ketones (excluding diaryl/α,β-unsaturated/α-hetero) is 1. The molecule has 0 saturated heterocycles. The molecule has 0 radical (unpaired) electrons. The summed E-state index contributed by atoms with van der Waals surface area (Å²) in [7, 11) is -4.84. The lowest BCUT2D eigenvalue weighted by atomic mass is 10.2. The van der Waals surface area contributed by atoms with Crippen molar-refractivity contribution in [2.75, 3.05) is 19.8 Å². The minimum Gasteiger partial charge on any atom is -0.463 e. The van der Waals surface area contributed by atoms with Gasteiger partial charge in [-0.05, 0) is 20.8 Å². The summed E-state index contributed by atoms with van der Waals surface area (Å²) in [5.74, 6) is -3.27. The zero-order valence-electron chi connectivity index (χ0n) is 12.2. The third kappa shape index (κ3) is 5.32. The van der Waals surface area contributed by atoms with Crippen LogP contribution in [0.15, 0.2) is 0 Å². The number of halogens is 4. The first kappa shape index (κ1) is 22.1. The second kappa shape index (κ2) is 8.81. The Labute approximate surface area is 143 Å². The van der Waals surface area contributed by atoms with Crippen LogP contribution in [0.3, 0.4) is 0 Å². The Morgan fingerprint density at radius 3 is 1.82 bits per heavy atom. The topological polar surface area (TPSA) is 78.9 Å². The Morgan fingerprint density at radius 2 is 1.50 bits per heavy atom. The summed E-state index contributed by atoms with van der Waals surface area (Å²) >= 11 is 16.3. The molecule has 0 heterocycles. The molecule has 0 aliphatic carbocycles. The SMILES string of the molecule is CCOC(=O)C(F)(C(=O)CC(Cl)(Cl)Cl)P(=O)(OCC)OCC. The van der Waals surface area contributed by atoms with Gasteiger partial charge in [-0.3, -0.25) is 9.36 Å². The van der Waals surface area contributed by atoms with Crippen molar-refractivity contribution in [3.63, 3.8) is 0 Å². The Bertz CT molecular complexity index is 446. The maximum atomic E-state index is 15.2. The van der Waals surface area contributed by atoms with E-state index in [9.17, 15) is 14.2 Å². The maximum Gasteiger partial charge on any atom is 0.387 e. The molecule has 0 aromatic rings. The summed E-state index contributed by atoms with van der Waals surface area (Å²) in [6, 6.07) is 0. The number of hydrogen-bond donors (Lipinski definition) is 0. The fraction of sp³-hybridized carbons (Fsp3) is 0.818. The molecule has 0 amide bonds. The van der Waals surface area contributed by atoms with E-state index in [-0.39, 0.29) is 19.8 Å². The van der Waals surface area contributed by atoms with Gasteiger partial charge in [0.25, 0.3) is 0 Å². The second-order valence-corrected chi connectivity index (χ2v) is 8.53. The molecular weight excluding hydrogens is 384 g/mol. The molecule has 0 fully saturated rings. The zero-order chi connectivity index (χ0) is 17.6. The van der Waals surface area contributed by atoms with E-state index < -0.39 is 35.0 Å². The zero-order valence-corrected chi connectivity index (χ0v) is 15.4. The van der Waals surface area contributed by atoms with E-state index in [4.69, 9.17) is 43.9 Å². The van der Waals surface area contributed by atoms with E-state index >= 15 is 4.39 Å². The first-order chi connectivity index (χ1) is 9.98. The van der Waals surface area contributed by atoms with Crippen molar-refractivity contribution >= 4 is 54.2 Å². The van der Waals surface area contributed by atoms with Gasteiger partial charge in [0.15, 0.2) is 9.58 Å². The van der Waals surface area contributed by atoms with Gasteiger partial charge in [-0.25, -0.2) is 9.18 Å². The Morgan fingerprint density at radius 1 is 1.05 bits per heavy atom. The van der Waals surface area contributed by atoms with Crippen LogP contribution in [0.5, 0.6) is 0 Å². The Hall–Kier alpha value is 0.0900. The fourth-order valence-electron chi connectivity index (χ4n) is 1.46. The standard InChI is InChI=1S/C11H17Cl3FO6P/c1-4-19-9(17)11(15,8(16)7-10(12,13)14)22(18,20-5-2)21-6-3/h4-7H2,1-3H3. The van der Waals surface area contributed by atoms with Crippen molar-refractivity contribution in [3.05, 3.63) is 0 Å². The molecule has 0 spiro atoms. The fourth-order valence-corrected chi connectivity index (χ4v) is 3.61. The number of carbonyl (C=O) groups excluding carboxylic acids is 2. The van der Waals surface area contributed by atoms with Gasteiger partial charge in [-0.1, -0.05) is 34.8 Å². The van der Waals surface area contributed by atoms with Crippen LogP contribution in [0.4, 0.5) is 4.39 Å². The quantitative estimate of drug-likeness (QED) is 0.253. The highest BCUT2D eigenvalue weighted by Crippen LogP contribution is 2.62. The Kier molecular flexibility index (Phi) is 8.84. The number of hydrogen-bond acceptors (Lipinski definition) is 6. The summed E-state index contributed by atoms with van der Waals surface area (Å²) in [4.78, 5) is 24.0. The average Bonchev–Trinajstić information content (AvgIpc) is 2.36. The van der Waals surface area contributed by atoms with Crippen LogP contribution in [0, 0.1) is 0 Å². The van der Waals surface area contributed by atoms with Crippen LogP contribution < -0.4 is 0 Å². The predicted octanol–water partition coefficient (Wildman–Crippen LogP) is 3.81. The largest absolute Gasteiger partial charge is 0.463 e. The van der Waals surface area contributed by atoms with Gasteiger partial charge in [0.2, 0.25) is 0 Å². The Balaban J connectivity index is 5.92. The van der Waals surface area contributed by atoms with E-state index in [0.717, 1.165) is 0 Å².